The molecule has 2 rings (SSSR count). The average Bonchev–Trinajstić information content (AvgIpc) is 2.57. The lowest BCUT2D eigenvalue weighted by atomic mass is 9.85. The van der Waals surface area contributed by atoms with E-state index in [1.54, 1.807) is 12.5 Å². The maximum atomic E-state index is 5.97. The van der Waals surface area contributed by atoms with Gasteiger partial charge in [-0.05, 0) is 12.8 Å². The van der Waals surface area contributed by atoms with Crippen LogP contribution in [0.2, 0.25) is 0 Å². The van der Waals surface area contributed by atoms with Gasteiger partial charge in [0.15, 0.2) is 5.89 Å². The molecule has 0 radical (unpaired) electrons. The smallest absolute Gasteiger partial charge is 0.198 e. The summed E-state index contributed by atoms with van der Waals surface area (Å²) >= 11 is 0. The van der Waals surface area contributed by atoms with E-state index < -0.39 is 0 Å². The van der Waals surface area contributed by atoms with Gasteiger partial charge < -0.3 is 10.2 Å². The van der Waals surface area contributed by atoms with E-state index in [2.05, 4.69) is 4.98 Å². The highest BCUT2D eigenvalue weighted by molar-refractivity contribution is 5.85. The van der Waals surface area contributed by atoms with Crippen LogP contribution in [0.3, 0.4) is 0 Å². The lowest BCUT2D eigenvalue weighted by Crippen LogP contribution is -2.31. The third kappa shape index (κ3) is 2.23. The summed E-state index contributed by atoms with van der Waals surface area (Å²) in [5, 5.41) is 0. The highest BCUT2D eigenvalue weighted by Gasteiger charge is 2.26. The predicted molar refractivity (Wildman–Crippen MR) is 52.9 cm³/mol. The highest BCUT2D eigenvalue weighted by Crippen LogP contribution is 2.30. The monoisotopic (exact) mass is 202 g/mol. The number of oxazole rings is 1. The molecule has 1 heterocycles. The van der Waals surface area contributed by atoms with Crippen molar-refractivity contribution < 1.29 is 4.42 Å². The summed E-state index contributed by atoms with van der Waals surface area (Å²) < 4.78 is 5.25. The Kier molecular flexibility index (Phi) is 3.75. The van der Waals surface area contributed by atoms with E-state index in [0.29, 0.717) is 5.92 Å². The van der Waals surface area contributed by atoms with Crippen LogP contribution in [0.5, 0.6) is 0 Å². The Morgan fingerprint density at radius 3 is 2.77 bits per heavy atom. The lowest BCUT2D eigenvalue weighted by Gasteiger charge is -2.25. The summed E-state index contributed by atoms with van der Waals surface area (Å²) in [5.74, 6) is 1.18. The van der Waals surface area contributed by atoms with Crippen LogP contribution >= 0.6 is 12.4 Å². The first-order chi connectivity index (χ1) is 5.88. The minimum Gasteiger partial charge on any atom is -0.449 e. The first-order valence-corrected chi connectivity index (χ1v) is 4.53. The second kappa shape index (κ2) is 4.63. The molecule has 1 aromatic heterocycles. The molecule has 1 aliphatic rings. The SMILES string of the molecule is Cl.NC1CCCCC1c1ncco1. The van der Waals surface area contributed by atoms with E-state index in [-0.39, 0.29) is 18.4 Å². The fourth-order valence-electron chi connectivity index (χ4n) is 1.88. The van der Waals surface area contributed by atoms with Gasteiger partial charge in [0.25, 0.3) is 0 Å². The number of hydrogen-bond acceptors (Lipinski definition) is 3. The summed E-state index contributed by atoms with van der Waals surface area (Å²) in [5.41, 5.74) is 5.97. The molecular weight excluding hydrogens is 188 g/mol. The molecule has 1 fully saturated rings. The van der Waals surface area contributed by atoms with E-state index in [1.807, 2.05) is 0 Å². The molecule has 2 N–H and O–H groups in total. The largest absolute Gasteiger partial charge is 0.449 e. The molecule has 2 atom stereocenters. The standard InChI is InChI=1S/C9H14N2O.ClH/c10-8-4-2-1-3-7(8)9-11-5-6-12-9;/h5-8H,1-4,10H2;1H. The van der Waals surface area contributed by atoms with Crippen LogP contribution in [0.4, 0.5) is 0 Å². The summed E-state index contributed by atoms with van der Waals surface area (Å²) in [7, 11) is 0. The lowest BCUT2D eigenvalue weighted by molar-refractivity contribution is 0.325. The molecule has 1 aromatic rings. The molecule has 4 heteroatoms. The van der Waals surface area contributed by atoms with Gasteiger partial charge in [0.05, 0.1) is 12.1 Å². The van der Waals surface area contributed by atoms with E-state index in [9.17, 15) is 0 Å². The van der Waals surface area contributed by atoms with E-state index in [4.69, 9.17) is 10.2 Å². The zero-order chi connectivity index (χ0) is 8.39. The normalized spacial score (nSPS) is 28.1. The Balaban J connectivity index is 0.000000845. The Labute approximate surface area is 84.1 Å². The fraction of sp³-hybridized carbons (Fsp3) is 0.667. The molecular formula is C9H15ClN2O. The molecule has 0 saturated heterocycles. The number of hydrogen-bond donors (Lipinski definition) is 1. The summed E-state index contributed by atoms with van der Waals surface area (Å²) in [4.78, 5) is 4.14. The van der Waals surface area contributed by atoms with Gasteiger partial charge in [-0.25, -0.2) is 4.98 Å². The van der Waals surface area contributed by atoms with Crippen molar-refractivity contribution in [2.45, 2.75) is 37.6 Å². The van der Waals surface area contributed by atoms with E-state index >= 15 is 0 Å². The molecule has 2 unspecified atom stereocenters. The first-order valence-electron chi connectivity index (χ1n) is 4.53. The van der Waals surface area contributed by atoms with Crippen LogP contribution in [-0.4, -0.2) is 11.0 Å². The van der Waals surface area contributed by atoms with Crippen LogP contribution in [0.1, 0.15) is 37.5 Å². The number of nitrogens with zero attached hydrogens (tertiary/aromatic N) is 1. The topological polar surface area (TPSA) is 52.0 Å². The van der Waals surface area contributed by atoms with Gasteiger partial charge in [-0.1, -0.05) is 12.8 Å². The van der Waals surface area contributed by atoms with Crippen molar-refractivity contribution in [3.05, 3.63) is 18.4 Å². The number of nitrogens with two attached hydrogens (primary N) is 1. The molecule has 1 aliphatic carbocycles. The molecule has 0 spiro atoms. The zero-order valence-corrected chi connectivity index (χ0v) is 8.30. The van der Waals surface area contributed by atoms with Gasteiger partial charge in [-0.3, -0.25) is 0 Å². The fourth-order valence-corrected chi connectivity index (χ4v) is 1.88. The third-order valence-electron chi connectivity index (χ3n) is 2.59. The van der Waals surface area contributed by atoms with E-state index in [0.717, 1.165) is 18.7 Å². The Morgan fingerprint density at radius 1 is 1.38 bits per heavy atom. The van der Waals surface area contributed by atoms with Crippen LogP contribution in [-0.2, 0) is 0 Å². The van der Waals surface area contributed by atoms with E-state index in [1.165, 1.54) is 12.8 Å². The number of rotatable bonds is 1. The van der Waals surface area contributed by atoms with Gasteiger partial charge in [-0.2, -0.15) is 0 Å². The number of halogens is 1. The highest BCUT2D eigenvalue weighted by atomic mass is 35.5. The Bertz CT molecular complexity index is 238. The summed E-state index contributed by atoms with van der Waals surface area (Å²) in [6.45, 7) is 0. The minimum atomic E-state index is 0. The quantitative estimate of drug-likeness (QED) is 0.759. The zero-order valence-electron chi connectivity index (χ0n) is 7.48. The van der Waals surface area contributed by atoms with Gasteiger partial charge in [0, 0.05) is 6.04 Å². The van der Waals surface area contributed by atoms with Crippen molar-refractivity contribution in [2.75, 3.05) is 0 Å². The Morgan fingerprint density at radius 2 is 2.15 bits per heavy atom. The van der Waals surface area contributed by atoms with Crippen LogP contribution in [0.25, 0.3) is 0 Å². The van der Waals surface area contributed by atoms with Crippen molar-refractivity contribution in [2.24, 2.45) is 5.73 Å². The minimum absolute atomic E-state index is 0. The van der Waals surface area contributed by atoms with Crippen LogP contribution < -0.4 is 5.73 Å². The molecule has 0 aromatic carbocycles. The summed E-state index contributed by atoms with van der Waals surface area (Å²) in [6.07, 6.45) is 8.04. The Hall–Kier alpha value is -0.540. The maximum Gasteiger partial charge on any atom is 0.198 e. The molecule has 0 bridgehead atoms. The molecule has 0 aliphatic heterocycles. The summed E-state index contributed by atoms with van der Waals surface area (Å²) in [6, 6.07) is 0.248. The maximum absolute atomic E-state index is 5.97. The molecule has 0 amide bonds. The molecule has 74 valence electrons. The predicted octanol–water partition coefficient (Wildman–Crippen LogP) is 2.08. The van der Waals surface area contributed by atoms with Crippen LogP contribution in [0.15, 0.2) is 16.9 Å². The van der Waals surface area contributed by atoms with Crippen molar-refractivity contribution >= 4 is 12.4 Å². The average molecular weight is 203 g/mol. The van der Waals surface area contributed by atoms with Crippen molar-refractivity contribution in [1.82, 2.24) is 4.98 Å². The molecule has 3 nitrogen and oxygen atoms in total. The van der Waals surface area contributed by atoms with Gasteiger partial charge in [-0.15, -0.1) is 12.4 Å². The number of aromatic nitrogens is 1. The van der Waals surface area contributed by atoms with Crippen molar-refractivity contribution in [1.29, 1.82) is 0 Å². The van der Waals surface area contributed by atoms with Gasteiger partial charge >= 0.3 is 0 Å². The second-order valence-electron chi connectivity index (χ2n) is 3.43. The molecule has 13 heavy (non-hydrogen) atoms. The molecule has 1 saturated carbocycles. The van der Waals surface area contributed by atoms with Gasteiger partial charge in [0.2, 0.25) is 0 Å². The van der Waals surface area contributed by atoms with Gasteiger partial charge in [0.1, 0.15) is 6.26 Å². The van der Waals surface area contributed by atoms with Crippen molar-refractivity contribution in [3.63, 3.8) is 0 Å². The van der Waals surface area contributed by atoms with Crippen LogP contribution in [0, 0.1) is 0 Å². The second-order valence-corrected chi connectivity index (χ2v) is 3.43. The van der Waals surface area contributed by atoms with Crippen molar-refractivity contribution in [3.8, 4) is 0 Å². The first kappa shape index (κ1) is 10.5. The third-order valence-corrected chi connectivity index (χ3v) is 2.59.